The second kappa shape index (κ2) is 3.99. The molecule has 0 aliphatic rings. The number of nitrogens with zero attached hydrogens (tertiary/aromatic N) is 2. The van der Waals surface area contributed by atoms with Gasteiger partial charge in [0.25, 0.3) is 0 Å². The third kappa shape index (κ3) is 1.62. The molecule has 0 bridgehead atoms. The molecule has 0 amide bonds. The van der Waals surface area contributed by atoms with E-state index in [0.717, 1.165) is 27.6 Å². The molecule has 5 nitrogen and oxygen atoms in total. The number of hydrogen-bond acceptors (Lipinski definition) is 3. The third-order valence-corrected chi connectivity index (χ3v) is 3.70. The van der Waals surface area contributed by atoms with Gasteiger partial charge in [0, 0.05) is 23.3 Å². The number of aliphatic carboxylic acids is 1. The number of aromatic amines is 1. The minimum absolute atomic E-state index is 0.0127. The summed E-state index contributed by atoms with van der Waals surface area (Å²) >= 11 is 1.52. The average Bonchev–Trinajstić information content (AvgIpc) is 2.97. The highest BCUT2D eigenvalue weighted by atomic mass is 32.1. The van der Waals surface area contributed by atoms with Crippen molar-refractivity contribution < 1.29 is 9.90 Å². The summed E-state index contributed by atoms with van der Waals surface area (Å²) in [4.78, 5) is 19.2. The zero-order chi connectivity index (χ0) is 12.7. The van der Waals surface area contributed by atoms with E-state index in [4.69, 9.17) is 5.11 Å². The number of H-pyrrole nitrogens is 1. The van der Waals surface area contributed by atoms with Gasteiger partial charge in [-0.2, -0.15) is 0 Å². The summed E-state index contributed by atoms with van der Waals surface area (Å²) in [6.07, 6.45) is 3.72. The summed E-state index contributed by atoms with van der Waals surface area (Å²) in [5.74, 6) is -0.842. The molecule has 0 unspecified atom stereocenters. The van der Waals surface area contributed by atoms with Crippen LogP contribution in [0.4, 0.5) is 0 Å². The number of carbonyl (C=O) groups is 1. The summed E-state index contributed by atoms with van der Waals surface area (Å²) in [7, 11) is 0. The van der Waals surface area contributed by atoms with Crippen molar-refractivity contribution in [2.24, 2.45) is 0 Å². The molecule has 0 saturated carbocycles. The van der Waals surface area contributed by atoms with Crippen molar-refractivity contribution in [2.75, 3.05) is 0 Å². The van der Waals surface area contributed by atoms with Gasteiger partial charge in [0.2, 0.25) is 0 Å². The minimum Gasteiger partial charge on any atom is -0.481 e. The lowest BCUT2D eigenvalue weighted by molar-refractivity contribution is -0.136. The van der Waals surface area contributed by atoms with Crippen LogP contribution >= 0.6 is 11.3 Å². The Morgan fingerprint density at radius 2 is 2.44 bits per heavy atom. The minimum atomic E-state index is -0.842. The van der Waals surface area contributed by atoms with Gasteiger partial charge in [0.1, 0.15) is 0 Å². The van der Waals surface area contributed by atoms with Crippen LogP contribution in [-0.4, -0.2) is 25.4 Å². The number of aryl methyl sites for hydroxylation is 1. The smallest absolute Gasteiger partial charge is 0.309 e. The number of aromatic nitrogens is 3. The van der Waals surface area contributed by atoms with E-state index >= 15 is 0 Å². The highest BCUT2D eigenvalue weighted by Gasteiger charge is 2.17. The number of fused-ring (bicyclic) bond motifs is 1. The van der Waals surface area contributed by atoms with Crippen LogP contribution in [0.3, 0.4) is 0 Å². The van der Waals surface area contributed by atoms with Crippen LogP contribution in [0.2, 0.25) is 0 Å². The van der Waals surface area contributed by atoms with Crippen LogP contribution in [0, 0.1) is 6.92 Å². The SMILES string of the molecule is Cc1nc2scc(-c3cc[nH]c3)n2c1CC(=O)O. The van der Waals surface area contributed by atoms with Gasteiger partial charge in [-0.05, 0) is 13.0 Å². The maximum Gasteiger partial charge on any atom is 0.309 e. The van der Waals surface area contributed by atoms with Gasteiger partial charge in [-0.3, -0.25) is 9.20 Å². The molecule has 92 valence electrons. The van der Waals surface area contributed by atoms with Gasteiger partial charge in [-0.15, -0.1) is 11.3 Å². The molecule has 3 aromatic heterocycles. The van der Waals surface area contributed by atoms with E-state index in [-0.39, 0.29) is 6.42 Å². The summed E-state index contributed by atoms with van der Waals surface area (Å²) in [6, 6.07) is 1.96. The molecule has 3 aromatic rings. The Hall–Kier alpha value is -2.08. The van der Waals surface area contributed by atoms with E-state index in [9.17, 15) is 4.79 Å². The normalized spacial score (nSPS) is 11.2. The van der Waals surface area contributed by atoms with Crippen LogP contribution in [0.1, 0.15) is 11.4 Å². The first-order valence-corrected chi connectivity index (χ1v) is 6.35. The van der Waals surface area contributed by atoms with Gasteiger partial charge in [0.15, 0.2) is 4.96 Å². The summed E-state index contributed by atoms with van der Waals surface area (Å²) in [5.41, 5.74) is 3.54. The van der Waals surface area contributed by atoms with E-state index in [0.29, 0.717) is 0 Å². The first-order valence-electron chi connectivity index (χ1n) is 5.47. The van der Waals surface area contributed by atoms with Gasteiger partial charge >= 0.3 is 5.97 Å². The highest BCUT2D eigenvalue weighted by Crippen LogP contribution is 2.28. The third-order valence-electron chi connectivity index (χ3n) is 2.87. The van der Waals surface area contributed by atoms with Crippen LogP contribution in [0.25, 0.3) is 16.2 Å². The standard InChI is InChI=1S/C12H11N3O2S/c1-7-9(4-11(16)17)15-10(6-18-12(15)14-7)8-2-3-13-5-8/h2-3,5-6,13H,4H2,1H3,(H,16,17). The average molecular weight is 261 g/mol. The quantitative estimate of drug-likeness (QED) is 0.760. The number of imidazole rings is 1. The van der Waals surface area contributed by atoms with Gasteiger partial charge < -0.3 is 10.1 Å². The molecule has 18 heavy (non-hydrogen) atoms. The van der Waals surface area contributed by atoms with Crippen molar-refractivity contribution in [2.45, 2.75) is 13.3 Å². The predicted molar refractivity (Wildman–Crippen MR) is 68.9 cm³/mol. The number of rotatable bonds is 3. The van der Waals surface area contributed by atoms with Crippen LogP contribution in [-0.2, 0) is 11.2 Å². The maximum atomic E-state index is 10.9. The van der Waals surface area contributed by atoms with E-state index in [2.05, 4.69) is 9.97 Å². The Balaban J connectivity index is 2.25. The molecule has 0 atom stereocenters. The molecule has 2 N–H and O–H groups in total. The fourth-order valence-electron chi connectivity index (χ4n) is 2.05. The van der Waals surface area contributed by atoms with Crippen LogP contribution in [0.5, 0.6) is 0 Å². The van der Waals surface area contributed by atoms with Crippen LogP contribution in [0.15, 0.2) is 23.8 Å². The molecule has 0 spiro atoms. The van der Waals surface area contributed by atoms with Crippen molar-refractivity contribution in [1.29, 1.82) is 0 Å². The first-order chi connectivity index (χ1) is 8.66. The molecular formula is C12H11N3O2S. The Morgan fingerprint density at radius 1 is 1.61 bits per heavy atom. The van der Waals surface area contributed by atoms with Crippen LogP contribution < -0.4 is 0 Å². The molecular weight excluding hydrogens is 250 g/mol. The summed E-state index contributed by atoms with van der Waals surface area (Å²) < 4.78 is 1.93. The van der Waals surface area contributed by atoms with Gasteiger partial charge in [0.05, 0.1) is 23.5 Å². The van der Waals surface area contributed by atoms with Crippen molar-refractivity contribution in [3.8, 4) is 11.3 Å². The molecule has 0 fully saturated rings. The van der Waals surface area contributed by atoms with Crippen molar-refractivity contribution in [1.82, 2.24) is 14.4 Å². The van der Waals surface area contributed by atoms with E-state index in [1.165, 1.54) is 11.3 Å². The van der Waals surface area contributed by atoms with Crippen molar-refractivity contribution >= 4 is 22.3 Å². The lowest BCUT2D eigenvalue weighted by Crippen LogP contribution is -2.05. The second-order valence-electron chi connectivity index (χ2n) is 4.05. The largest absolute Gasteiger partial charge is 0.481 e. The van der Waals surface area contributed by atoms with E-state index in [1.54, 1.807) is 0 Å². The number of nitrogens with one attached hydrogen (secondary N) is 1. The zero-order valence-corrected chi connectivity index (χ0v) is 10.5. The number of carboxylic acid groups (broad SMARTS) is 1. The molecule has 3 heterocycles. The Morgan fingerprint density at radius 3 is 3.11 bits per heavy atom. The van der Waals surface area contributed by atoms with E-state index < -0.39 is 5.97 Å². The topological polar surface area (TPSA) is 70.4 Å². The highest BCUT2D eigenvalue weighted by molar-refractivity contribution is 7.15. The maximum absolute atomic E-state index is 10.9. The van der Waals surface area contributed by atoms with Crippen molar-refractivity contribution in [3.05, 3.63) is 35.2 Å². The summed E-state index contributed by atoms with van der Waals surface area (Å²) in [5, 5.41) is 11.0. The Labute approximate surface area is 107 Å². The molecule has 3 rings (SSSR count). The molecule has 0 aliphatic carbocycles. The fraction of sp³-hybridized carbons (Fsp3) is 0.167. The predicted octanol–water partition coefficient (Wildman–Crippen LogP) is 2.33. The fourth-order valence-corrected chi connectivity index (χ4v) is 3.02. The zero-order valence-electron chi connectivity index (χ0n) is 9.67. The Bertz CT molecular complexity index is 709. The lowest BCUT2D eigenvalue weighted by atomic mass is 10.2. The lowest BCUT2D eigenvalue weighted by Gasteiger charge is -2.01. The van der Waals surface area contributed by atoms with Gasteiger partial charge in [-0.1, -0.05) is 0 Å². The molecule has 0 aliphatic heterocycles. The number of thiazole rings is 1. The second-order valence-corrected chi connectivity index (χ2v) is 4.89. The summed E-state index contributed by atoms with van der Waals surface area (Å²) in [6.45, 7) is 1.85. The monoisotopic (exact) mass is 261 g/mol. The molecule has 0 saturated heterocycles. The Kier molecular flexibility index (Phi) is 2.45. The molecule has 6 heteroatoms. The van der Waals surface area contributed by atoms with E-state index in [1.807, 2.05) is 35.2 Å². The molecule has 0 radical (unpaired) electrons. The van der Waals surface area contributed by atoms with Gasteiger partial charge in [-0.25, -0.2) is 4.98 Å². The number of hydrogen-bond donors (Lipinski definition) is 2. The van der Waals surface area contributed by atoms with Crippen molar-refractivity contribution in [3.63, 3.8) is 0 Å². The first kappa shape index (κ1) is 11.0. The molecule has 0 aromatic carbocycles. The number of carboxylic acids is 1.